The molecule has 0 N–H and O–H groups in total. The number of ketones is 1. The van der Waals surface area contributed by atoms with Gasteiger partial charge >= 0.3 is 5.97 Å². The van der Waals surface area contributed by atoms with Crippen molar-refractivity contribution >= 4 is 17.8 Å². The Bertz CT molecular complexity index is 657. The molecule has 2 aromatic carbocycles. The Labute approximate surface area is 129 Å². The van der Waals surface area contributed by atoms with E-state index in [9.17, 15) is 9.59 Å². The molecule has 0 aromatic heterocycles. The number of benzene rings is 2. The summed E-state index contributed by atoms with van der Waals surface area (Å²) in [6.45, 7) is 0.416. The largest absolute Gasteiger partial charge is 0.490 e. The summed E-state index contributed by atoms with van der Waals surface area (Å²) in [4.78, 5) is 22.7. The molecule has 0 radical (unpaired) electrons. The summed E-state index contributed by atoms with van der Waals surface area (Å²) in [5.74, 6) is -0.920. The van der Waals surface area contributed by atoms with E-state index in [0.29, 0.717) is 12.4 Å². The first-order chi connectivity index (χ1) is 10.7. The molecule has 0 saturated carbocycles. The molecule has 0 atom stereocenters. The summed E-state index contributed by atoms with van der Waals surface area (Å²) in [6.07, 6.45) is 3.87. The Balaban J connectivity index is 1.88. The third-order valence-corrected chi connectivity index (χ3v) is 2.94. The molecule has 0 fully saturated rings. The highest BCUT2D eigenvalue weighted by molar-refractivity contribution is 6.40. The fraction of sp³-hybridized carbons (Fsp3) is 0.111. The molecule has 2 aromatic rings. The third-order valence-electron chi connectivity index (χ3n) is 2.94. The van der Waals surface area contributed by atoms with Gasteiger partial charge in [-0.05, 0) is 35.9 Å². The van der Waals surface area contributed by atoms with Crippen LogP contribution in [0.3, 0.4) is 0 Å². The molecule has 0 aliphatic heterocycles. The molecule has 2 rings (SSSR count). The molecule has 0 aliphatic carbocycles. The lowest BCUT2D eigenvalue weighted by Gasteiger charge is -2.04. The van der Waals surface area contributed by atoms with Crippen molar-refractivity contribution in [3.05, 3.63) is 71.8 Å². The third kappa shape index (κ3) is 4.31. The maximum atomic E-state index is 11.6. The number of carbonyl (C=O) groups excluding carboxylic acids is 2. The van der Waals surface area contributed by atoms with Crippen LogP contribution in [-0.2, 0) is 9.53 Å². The second-order valence-corrected chi connectivity index (χ2v) is 4.47. The number of carbonyl (C=O) groups is 2. The zero-order chi connectivity index (χ0) is 15.8. The molecule has 0 heterocycles. The van der Waals surface area contributed by atoms with E-state index in [2.05, 4.69) is 4.74 Å². The van der Waals surface area contributed by atoms with Crippen molar-refractivity contribution in [3.63, 3.8) is 0 Å². The molecule has 0 saturated heterocycles. The summed E-state index contributed by atoms with van der Waals surface area (Å²) < 4.78 is 9.92. The van der Waals surface area contributed by atoms with Crippen molar-refractivity contribution in [2.75, 3.05) is 13.7 Å². The van der Waals surface area contributed by atoms with E-state index < -0.39 is 11.8 Å². The van der Waals surface area contributed by atoms with Crippen molar-refractivity contribution in [1.82, 2.24) is 0 Å². The Morgan fingerprint density at radius 1 is 1.00 bits per heavy atom. The summed E-state index contributed by atoms with van der Waals surface area (Å²) in [5.41, 5.74) is 1.38. The smallest absolute Gasteiger partial charge is 0.379 e. The van der Waals surface area contributed by atoms with E-state index in [1.54, 1.807) is 12.1 Å². The highest BCUT2D eigenvalue weighted by Gasteiger charge is 2.15. The molecule has 0 bridgehead atoms. The van der Waals surface area contributed by atoms with Crippen LogP contribution in [-0.4, -0.2) is 25.5 Å². The van der Waals surface area contributed by atoms with Crippen molar-refractivity contribution < 1.29 is 19.1 Å². The Morgan fingerprint density at radius 2 is 1.68 bits per heavy atom. The van der Waals surface area contributed by atoms with Gasteiger partial charge in [-0.25, -0.2) is 4.79 Å². The van der Waals surface area contributed by atoms with Gasteiger partial charge in [-0.2, -0.15) is 0 Å². The van der Waals surface area contributed by atoms with E-state index >= 15 is 0 Å². The van der Waals surface area contributed by atoms with Crippen LogP contribution in [0.4, 0.5) is 0 Å². The monoisotopic (exact) mass is 296 g/mol. The second kappa shape index (κ2) is 7.78. The average Bonchev–Trinajstić information content (AvgIpc) is 2.59. The predicted octanol–water partition coefficient (Wildman–Crippen LogP) is 3.13. The second-order valence-electron chi connectivity index (χ2n) is 4.47. The first kappa shape index (κ1) is 15.5. The van der Waals surface area contributed by atoms with E-state index in [4.69, 9.17) is 4.74 Å². The lowest BCUT2D eigenvalue weighted by molar-refractivity contribution is -0.135. The summed E-state index contributed by atoms with van der Waals surface area (Å²) in [5, 5.41) is 0. The van der Waals surface area contributed by atoms with Gasteiger partial charge in [-0.3, -0.25) is 4.79 Å². The molecular weight excluding hydrogens is 280 g/mol. The minimum absolute atomic E-state index is 0.277. The molecule has 0 aliphatic rings. The zero-order valence-corrected chi connectivity index (χ0v) is 12.2. The lowest BCUT2D eigenvalue weighted by atomic mass is 10.1. The minimum Gasteiger partial charge on any atom is -0.490 e. The quantitative estimate of drug-likeness (QED) is 0.467. The van der Waals surface area contributed by atoms with Crippen LogP contribution >= 0.6 is 0 Å². The Kier molecular flexibility index (Phi) is 5.49. The number of hydrogen-bond acceptors (Lipinski definition) is 4. The fourth-order valence-corrected chi connectivity index (χ4v) is 1.81. The van der Waals surface area contributed by atoms with Crippen molar-refractivity contribution in [2.45, 2.75) is 0 Å². The van der Waals surface area contributed by atoms with Crippen molar-refractivity contribution in [1.29, 1.82) is 0 Å². The van der Waals surface area contributed by atoms with E-state index in [1.807, 2.05) is 42.5 Å². The SMILES string of the molecule is COC(=O)C(=O)c1ccc(OC/C=C/c2ccccc2)cc1. The Morgan fingerprint density at radius 3 is 2.32 bits per heavy atom. The summed E-state index contributed by atoms with van der Waals surface area (Å²) in [7, 11) is 1.18. The molecule has 0 amide bonds. The standard InChI is InChI=1S/C18H16O4/c1-21-18(20)17(19)15-9-11-16(12-10-15)22-13-5-8-14-6-3-2-4-7-14/h2-12H,13H2,1H3/b8-5+. The minimum atomic E-state index is -0.875. The molecule has 4 heteroatoms. The maximum Gasteiger partial charge on any atom is 0.379 e. The fourth-order valence-electron chi connectivity index (χ4n) is 1.81. The van der Waals surface area contributed by atoms with Gasteiger partial charge in [0.05, 0.1) is 7.11 Å². The highest BCUT2D eigenvalue weighted by Crippen LogP contribution is 2.13. The zero-order valence-electron chi connectivity index (χ0n) is 12.2. The molecule has 112 valence electrons. The van der Waals surface area contributed by atoms with Gasteiger partial charge in [0, 0.05) is 5.56 Å². The molecular formula is C18H16O4. The first-order valence-corrected chi connectivity index (χ1v) is 6.78. The topological polar surface area (TPSA) is 52.6 Å². The van der Waals surface area contributed by atoms with Crippen molar-refractivity contribution in [3.8, 4) is 5.75 Å². The van der Waals surface area contributed by atoms with Crippen LogP contribution in [0, 0.1) is 0 Å². The van der Waals surface area contributed by atoms with Crippen LogP contribution < -0.4 is 4.74 Å². The van der Waals surface area contributed by atoms with Gasteiger partial charge in [0.15, 0.2) is 0 Å². The number of ether oxygens (including phenoxy) is 2. The maximum absolute atomic E-state index is 11.6. The van der Waals surface area contributed by atoms with Crippen LogP contribution in [0.15, 0.2) is 60.7 Å². The highest BCUT2D eigenvalue weighted by atomic mass is 16.5. The van der Waals surface area contributed by atoms with Crippen LogP contribution in [0.2, 0.25) is 0 Å². The normalized spacial score (nSPS) is 10.4. The number of Topliss-reactive ketones (excluding diaryl/α,β-unsaturated/α-hetero) is 1. The number of esters is 1. The van der Waals surface area contributed by atoms with E-state index in [1.165, 1.54) is 19.2 Å². The summed E-state index contributed by atoms with van der Waals surface area (Å²) >= 11 is 0. The van der Waals surface area contributed by atoms with Gasteiger partial charge in [0.25, 0.3) is 5.78 Å². The van der Waals surface area contributed by atoms with Crippen LogP contribution in [0.25, 0.3) is 6.08 Å². The van der Waals surface area contributed by atoms with Crippen LogP contribution in [0.1, 0.15) is 15.9 Å². The molecule has 0 unspecified atom stereocenters. The van der Waals surface area contributed by atoms with Gasteiger partial charge in [0.1, 0.15) is 12.4 Å². The van der Waals surface area contributed by atoms with E-state index in [-0.39, 0.29) is 5.56 Å². The Hall–Kier alpha value is -2.88. The predicted molar refractivity (Wildman–Crippen MR) is 83.8 cm³/mol. The first-order valence-electron chi connectivity index (χ1n) is 6.78. The lowest BCUT2D eigenvalue weighted by Crippen LogP contribution is -2.15. The molecule has 22 heavy (non-hydrogen) atoms. The average molecular weight is 296 g/mol. The van der Waals surface area contributed by atoms with E-state index in [0.717, 1.165) is 5.56 Å². The number of rotatable bonds is 6. The number of methoxy groups -OCH3 is 1. The number of hydrogen-bond donors (Lipinski definition) is 0. The van der Waals surface area contributed by atoms with Gasteiger partial charge in [-0.15, -0.1) is 0 Å². The molecule has 0 spiro atoms. The molecule has 4 nitrogen and oxygen atoms in total. The van der Waals surface area contributed by atoms with Crippen LogP contribution in [0.5, 0.6) is 5.75 Å². The summed E-state index contributed by atoms with van der Waals surface area (Å²) in [6, 6.07) is 16.3. The van der Waals surface area contributed by atoms with Gasteiger partial charge in [0.2, 0.25) is 0 Å². The van der Waals surface area contributed by atoms with Gasteiger partial charge in [-0.1, -0.05) is 36.4 Å². The van der Waals surface area contributed by atoms with Gasteiger partial charge < -0.3 is 9.47 Å². The van der Waals surface area contributed by atoms with Crippen molar-refractivity contribution in [2.24, 2.45) is 0 Å².